The van der Waals surface area contributed by atoms with Crippen LogP contribution in [0.4, 0.5) is 5.82 Å². The molecule has 0 saturated carbocycles. The SMILES string of the molecule is CC(C)c1cc(C(=O)N2CCN(Cc3nc(N)c4ccccc4n3)CC2)c2cnn(C(C)C)c2n1. The Hall–Kier alpha value is -3.59. The first-order valence-electron chi connectivity index (χ1n) is 12.2. The van der Waals surface area contributed by atoms with Crippen molar-refractivity contribution in [2.75, 3.05) is 31.9 Å². The lowest BCUT2D eigenvalue weighted by Gasteiger charge is -2.34. The van der Waals surface area contributed by atoms with Gasteiger partial charge in [0.25, 0.3) is 5.91 Å². The minimum atomic E-state index is 0.0356. The number of fused-ring (bicyclic) bond motifs is 2. The Kier molecular flexibility index (Phi) is 6.10. The van der Waals surface area contributed by atoms with E-state index in [1.807, 2.05) is 39.9 Å². The zero-order chi connectivity index (χ0) is 24.7. The molecule has 1 amide bonds. The molecule has 182 valence electrons. The number of pyridine rings is 1. The lowest BCUT2D eigenvalue weighted by Crippen LogP contribution is -2.48. The van der Waals surface area contributed by atoms with Crippen molar-refractivity contribution in [3.8, 4) is 0 Å². The summed E-state index contributed by atoms with van der Waals surface area (Å²) in [7, 11) is 0. The van der Waals surface area contributed by atoms with Crippen LogP contribution in [0.25, 0.3) is 21.9 Å². The number of aromatic nitrogens is 5. The second kappa shape index (κ2) is 9.22. The van der Waals surface area contributed by atoms with Crippen molar-refractivity contribution in [3.63, 3.8) is 0 Å². The van der Waals surface area contributed by atoms with Crippen molar-refractivity contribution >= 4 is 33.7 Å². The van der Waals surface area contributed by atoms with E-state index >= 15 is 0 Å². The molecule has 1 aliphatic heterocycles. The van der Waals surface area contributed by atoms with Crippen molar-refractivity contribution in [1.29, 1.82) is 0 Å². The Morgan fingerprint density at radius 1 is 1.00 bits per heavy atom. The summed E-state index contributed by atoms with van der Waals surface area (Å²) in [5, 5.41) is 6.21. The zero-order valence-corrected chi connectivity index (χ0v) is 20.8. The topological polar surface area (TPSA) is 106 Å². The predicted octanol–water partition coefficient (Wildman–Crippen LogP) is 3.62. The lowest BCUT2D eigenvalue weighted by molar-refractivity contribution is 0.0627. The van der Waals surface area contributed by atoms with E-state index in [1.165, 1.54) is 0 Å². The third-order valence-corrected chi connectivity index (χ3v) is 6.60. The maximum absolute atomic E-state index is 13.6. The van der Waals surface area contributed by atoms with Gasteiger partial charge in [0.05, 0.1) is 29.2 Å². The first-order valence-corrected chi connectivity index (χ1v) is 12.2. The number of hydrogen-bond acceptors (Lipinski definition) is 7. The van der Waals surface area contributed by atoms with Crippen molar-refractivity contribution < 1.29 is 4.79 Å². The Balaban J connectivity index is 1.33. The molecule has 0 spiro atoms. The molecule has 5 rings (SSSR count). The first-order chi connectivity index (χ1) is 16.8. The fourth-order valence-corrected chi connectivity index (χ4v) is 4.59. The van der Waals surface area contributed by atoms with Crippen LogP contribution in [0.2, 0.25) is 0 Å². The maximum atomic E-state index is 13.6. The number of benzene rings is 1. The summed E-state index contributed by atoms with van der Waals surface area (Å²) in [6.45, 7) is 11.7. The summed E-state index contributed by atoms with van der Waals surface area (Å²) in [6, 6.07) is 9.89. The van der Waals surface area contributed by atoms with Crippen LogP contribution < -0.4 is 5.73 Å². The number of nitrogens with two attached hydrogens (primary N) is 1. The monoisotopic (exact) mass is 472 g/mol. The normalized spacial score (nSPS) is 15.1. The quantitative estimate of drug-likeness (QED) is 0.473. The largest absolute Gasteiger partial charge is 0.383 e. The Labute approximate surface area is 205 Å². The smallest absolute Gasteiger partial charge is 0.254 e. The van der Waals surface area contributed by atoms with Gasteiger partial charge >= 0.3 is 0 Å². The molecule has 4 aromatic rings. The lowest BCUT2D eigenvalue weighted by atomic mass is 10.0. The van der Waals surface area contributed by atoms with E-state index in [2.05, 4.69) is 47.7 Å². The van der Waals surface area contributed by atoms with Gasteiger partial charge in [0.1, 0.15) is 11.6 Å². The van der Waals surface area contributed by atoms with Crippen molar-refractivity contribution in [2.24, 2.45) is 0 Å². The van der Waals surface area contributed by atoms with Crippen LogP contribution in [0.5, 0.6) is 0 Å². The number of nitrogen functional groups attached to an aromatic ring is 1. The van der Waals surface area contributed by atoms with E-state index in [-0.39, 0.29) is 17.9 Å². The standard InChI is InChI=1S/C26H32N8O/c1-16(2)22-13-19(20-14-28-34(17(3)4)25(20)30-22)26(35)33-11-9-32(10-12-33)15-23-29-21-8-6-5-7-18(21)24(27)31-23/h5-8,13-14,16-17H,9-12,15H2,1-4H3,(H2,27,29,31). The van der Waals surface area contributed by atoms with Crippen LogP contribution in [0, 0.1) is 0 Å². The van der Waals surface area contributed by atoms with Crippen LogP contribution in [-0.4, -0.2) is 66.6 Å². The fourth-order valence-electron chi connectivity index (χ4n) is 4.59. The number of hydrogen-bond donors (Lipinski definition) is 1. The van der Waals surface area contributed by atoms with Crippen molar-refractivity contribution in [2.45, 2.75) is 46.2 Å². The summed E-state index contributed by atoms with van der Waals surface area (Å²) >= 11 is 0. The van der Waals surface area contributed by atoms with E-state index in [0.717, 1.165) is 40.7 Å². The summed E-state index contributed by atoms with van der Waals surface area (Å²) in [4.78, 5) is 31.8. The van der Waals surface area contributed by atoms with Crippen molar-refractivity contribution in [1.82, 2.24) is 34.5 Å². The van der Waals surface area contributed by atoms with Crippen LogP contribution >= 0.6 is 0 Å². The average molecular weight is 473 g/mol. The molecule has 0 aliphatic carbocycles. The molecular weight excluding hydrogens is 440 g/mol. The number of piperazine rings is 1. The number of nitrogens with zero attached hydrogens (tertiary/aromatic N) is 7. The van der Waals surface area contributed by atoms with Gasteiger partial charge in [-0.05, 0) is 38.0 Å². The number of para-hydroxylation sites is 1. The Bertz CT molecular complexity index is 1390. The molecule has 35 heavy (non-hydrogen) atoms. The molecule has 0 radical (unpaired) electrons. The van der Waals surface area contributed by atoms with Gasteiger partial charge in [0, 0.05) is 43.3 Å². The van der Waals surface area contributed by atoms with Crippen LogP contribution in [0.15, 0.2) is 36.5 Å². The number of carbonyl (C=O) groups is 1. The molecule has 2 N–H and O–H groups in total. The van der Waals surface area contributed by atoms with E-state index in [9.17, 15) is 4.79 Å². The third-order valence-electron chi connectivity index (χ3n) is 6.60. The summed E-state index contributed by atoms with van der Waals surface area (Å²) in [5.41, 5.74) is 9.38. The van der Waals surface area contributed by atoms with E-state index in [1.54, 1.807) is 6.20 Å². The summed E-state index contributed by atoms with van der Waals surface area (Å²) in [6.07, 6.45) is 1.78. The highest BCUT2D eigenvalue weighted by molar-refractivity contribution is 6.05. The van der Waals surface area contributed by atoms with Gasteiger partial charge in [0.15, 0.2) is 5.65 Å². The molecule has 9 heteroatoms. The number of anilines is 1. The summed E-state index contributed by atoms with van der Waals surface area (Å²) in [5.74, 6) is 1.46. The van der Waals surface area contributed by atoms with Gasteiger partial charge in [0.2, 0.25) is 0 Å². The summed E-state index contributed by atoms with van der Waals surface area (Å²) < 4.78 is 1.89. The van der Waals surface area contributed by atoms with Gasteiger partial charge in [-0.15, -0.1) is 0 Å². The molecule has 4 heterocycles. The van der Waals surface area contributed by atoms with E-state index in [0.29, 0.717) is 36.8 Å². The Morgan fingerprint density at radius 2 is 1.74 bits per heavy atom. The molecule has 0 bridgehead atoms. The second-order valence-electron chi connectivity index (χ2n) is 9.78. The van der Waals surface area contributed by atoms with Crippen LogP contribution in [0.1, 0.15) is 61.5 Å². The van der Waals surface area contributed by atoms with Crippen LogP contribution in [-0.2, 0) is 6.54 Å². The Morgan fingerprint density at radius 3 is 2.46 bits per heavy atom. The maximum Gasteiger partial charge on any atom is 0.254 e. The predicted molar refractivity (Wildman–Crippen MR) is 137 cm³/mol. The molecule has 1 aromatic carbocycles. The highest BCUT2D eigenvalue weighted by Crippen LogP contribution is 2.26. The van der Waals surface area contributed by atoms with Crippen LogP contribution in [0.3, 0.4) is 0 Å². The highest BCUT2D eigenvalue weighted by atomic mass is 16.2. The fraction of sp³-hybridized carbons (Fsp3) is 0.423. The third kappa shape index (κ3) is 4.43. The zero-order valence-electron chi connectivity index (χ0n) is 20.8. The van der Waals surface area contributed by atoms with Gasteiger partial charge in [-0.1, -0.05) is 26.0 Å². The number of amides is 1. The number of rotatable bonds is 5. The first kappa shape index (κ1) is 23.2. The van der Waals surface area contributed by atoms with Gasteiger partial charge in [-0.25, -0.2) is 19.6 Å². The second-order valence-corrected chi connectivity index (χ2v) is 9.78. The molecule has 3 aromatic heterocycles. The van der Waals surface area contributed by atoms with E-state index < -0.39 is 0 Å². The van der Waals surface area contributed by atoms with Gasteiger partial charge in [-0.2, -0.15) is 5.10 Å². The molecule has 1 fully saturated rings. The molecular formula is C26H32N8O. The highest BCUT2D eigenvalue weighted by Gasteiger charge is 2.26. The molecule has 1 aliphatic rings. The van der Waals surface area contributed by atoms with Gasteiger partial charge in [-0.3, -0.25) is 9.69 Å². The molecule has 0 unspecified atom stereocenters. The van der Waals surface area contributed by atoms with Gasteiger partial charge < -0.3 is 10.6 Å². The molecule has 9 nitrogen and oxygen atoms in total. The minimum Gasteiger partial charge on any atom is -0.383 e. The van der Waals surface area contributed by atoms with E-state index in [4.69, 9.17) is 10.7 Å². The number of carbonyl (C=O) groups excluding carboxylic acids is 1. The molecule has 1 saturated heterocycles. The molecule has 0 atom stereocenters. The van der Waals surface area contributed by atoms with Crippen molar-refractivity contribution in [3.05, 3.63) is 53.6 Å². The minimum absolute atomic E-state index is 0.0356. The average Bonchev–Trinajstić information content (AvgIpc) is 3.28.